The number of carbonyl (C=O) groups is 3. The molecule has 3 aliphatic rings. The van der Waals surface area contributed by atoms with Crippen LogP contribution in [-0.2, 0) is 14.4 Å². The van der Waals surface area contributed by atoms with Gasteiger partial charge in [-0.05, 0) is 63.3 Å². The summed E-state index contributed by atoms with van der Waals surface area (Å²) in [6.07, 6.45) is 7.95. The minimum absolute atomic E-state index is 0.0233. The number of aliphatic hydroxyl groups excluding tert-OH is 1. The van der Waals surface area contributed by atoms with Crippen molar-refractivity contribution in [3.63, 3.8) is 0 Å². The molecule has 2 bridgehead atoms. The summed E-state index contributed by atoms with van der Waals surface area (Å²) in [6.45, 7) is 14.1. The van der Waals surface area contributed by atoms with E-state index in [4.69, 9.17) is 4.74 Å². The second kappa shape index (κ2) is 13.9. The van der Waals surface area contributed by atoms with Crippen LogP contribution in [0, 0.1) is 11.8 Å². The van der Waals surface area contributed by atoms with Gasteiger partial charge in [0.25, 0.3) is 0 Å². The summed E-state index contributed by atoms with van der Waals surface area (Å²) < 4.78 is 4.95. The van der Waals surface area contributed by atoms with Crippen LogP contribution in [-0.4, -0.2) is 88.1 Å². The third-order valence-electron chi connectivity index (χ3n) is 8.61. The summed E-state index contributed by atoms with van der Waals surface area (Å²) in [4.78, 5) is 48.2. The van der Waals surface area contributed by atoms with Crippen molar-refractivity contribution < 1.29 is 24.2 Å². The molecular formula is C32H45N3O5S. The second-order valence-electron chi connectivity index (χ2n) is 11.1. The van der Waals surface area contributed by atoms with Gasteiger partial charge in [0, 0.05) is 43.7 Å². The number of aliphatic hydroxyl groups is 1. The van der Waals surface area contributed by atoms with E-state index in [1.54, 1.807) is 33.7 Å². The van der Waals surface area contributed by atoms with Crippen LogP contribution in [0.1, 0.15) is 52.4 Å². The van der Waals surface area contributed by atoms with E-state index in [0.717, 1.165) is 37.1 Å². The SMILES string of the molecule is C=CCN(CCCC)C(=O)C1N(CCCCO)C(=O)[C@@H]2[C@H](C(=O)N(CC=C)c3ccc(OCC)cc3)[C@@H]3CCC12S3. The highest BCUT2D eigenvalue weighted by Crippen LogP contribution is 2.66. The Labute approximate surface area is 248 Å². The number of benzene rings is 1. The van der Waals surface area contributed by atoms with Gasteiger partial charge in [-0.1, -0.05) is 25.5 Å². The molecule has 3 aliphatic heterocycles. The van der Waals surface area contributed by atoms with Gasteiger partial charge in [-0.25, -0.2) is 0 Å². The zero-order valence-corrected chi connectivity index (χ0v) is 25.3. The maximum atomic E-state index is 14.4. The first-order valence-corrected chi connectivity index (χ1v) is 15.9. The van der Waals surface area contributed by atoms with Gasteiger partial charge in [0.15, 0.2) is 0 Å². The number of hydrogen-bond acceptors (Lipinski definition) is 6. The number of anilines is 1. The highest BCUT2D eigenvalue weighted by molar-refractivity contribution is 8.02. The number of unbranched alkanes of at least 4 members (excludes halogenated alkanes) is 2. The van der Waals surface area contributed by atoms with E-state index in [9.17, 15) is 19.5 Å². The first kappa shape index (κ1) is 31.2. The molecule has 0 radical (unpaired) electrons. The molecule has 224 valence electrons. The van der Waals surface area contributed by atoms with E-state index in [2.05, 4.69) is 20.1 Å². The van der Waals surface area contributed by atoms with Gasteiger partial charge in [0.05, 0.1) is 23.2 Å². The second-order valence-corrected chi connectivity index (χ2v) is 12.7. The fraction of sp³-hybridized carbons (Fsp3) is 0.594. The third kappa shape index (κ3) is 5.93. The van der Waals surface area contributed by atoms with Crippen molar-refractivity contribution in [3.05, 3.63) is 49.6 Å². The predicted octanol–water partition coefficient (Wildman–Crippen LogP) is 4.28. The summed E-state index contributed by atoms with van der Waals surface area (Å²) >= 11 is 1.69. The predicted molar refractivity (Wildman–Crippen MR) is 164 cm³/mol. The van der Waals surface area contributed by atoms with E-state index in [1.165, 1.54) is 0 Å². The average molecular weight is 584 g/mol. The molecule has 1 aromatic rings. The van der Waals surface area contributed by atoms with Crippen LogP contribution in [0.15, 0.2) is 49.6 Å². The van der Waals surface area contributed by atoms with Crippen molar-refractivity contribution in [3.8, 4) is 5.75 Å². The molecule has 1 aromatic carbocycles. The molecule has 0 saturated carbocycles. The molecule has 41 heavy (non-hydrogen) atoms. The molecule has 8 nitrogen and oxygen atoms in total. The van der Waals surface area contributed by atoms with Gasteiger partial charge < -0.3 is 24.5 Å². The Bertz CT molecular complexity index is 1110. The lowest BCUT2D eigenvalue weighted by molar-refractivity contribution is -0.142. The van der Waals surface area contributed by atoms with Gasteiger partial charge in [0.1, 0.15) is 11.8 Å². The Balaban J connectivity index is 1.69. The molecular weight excluding hydrogens is 538 g/mol. The third-order valence-corrected chi connectivity index (χ3v) is 10.6. The van der Waals surface area contributed by atoms with E-state index in [0.29, 0.717) is 45.6 Å². The highest BCUT2D eigenvalue weighted by atomic mass is 32.2. The van der Waals surface area contributed by atoms with E-state index < -0.39 is 22.6 Å². The average Bonchev–Trinajstić information content (AvgIpc) is 3.61. The van der Waals surface area contributed by atoms with Gasteiger partial charge in [-0.2, -0.15) is 0 Å². The summed E-state index contributed by atoms with van der Waals surface area (Å²) in [5, 5.41) is 9.40. The lowest BCUT2D eigenvalue weighted by Crippen LogP contribution is -2.55. The molecule has 1 N–H and O–H groups in total. The Kier molecular flexibility index (Phi) is 10.6. The zero-order valence-electron chi connectivity index (χ0n) is 24.5. The number of fused-ring (bicyclic) bond motifs is 1. The lowest BCUT2D eigenvalue weighted by Gasteiger charge is -2.37. The van der Waals surface area contributed by atoms with Crippen LogP contribution >= 0.6 is 11.8 Å². The van der Waals surface area contributed by atoms with E-state index in [-0.39, 0.29) is 29.6 Å². The number of carbonyl (C=O) groups excluding carboxylic acids is 3. The molecule has 4 rings (SSSR count). The largest absolute Gasteiger partial charge is 0.494 e. The number of rotatable bonds is 16. The van der Waals surface area contributed by atoms with Crippen LogP contribution < -0.4 is 9.64 Å². The van der Waals surface area contributed by atoms with Crippen LogP contribution in [0.3, 0.4) is 0 Å². The molecule has 0 aromatic heterocycles. The van der Waals surface area contributed by atoms with Crippen LogP contribution in [0.5, 0.6) is 5.75 Å². The first-order valence-electron chi connectivity index (χ1n) is 15.0. The number of hydrogen-bond donors (Lipinski definition) is 1. The number of amides is 3. The van der Waals surface area contributed by atoms with Gasteiger partial charge in [-0.15, -0.1) is 24.9 Å². The van der Waals surface area contributed by atoms with Crippen molar-refractivity contribution >= 4 is 35.2 Å². The number of nitrogens with zero attached hydrogens (tertiary/aromatic N) is 3. The van der Waals surface area contributed by atoms with Crippen molar-refractivity contribution in [2.24, 2.45) is 11.8 Å². The van der Waals surface area contributed by atoms with Gasteiger partial charge in [-0.3, -0.25) is 14.4 Å². The molecule has 0 aliphatic carbocycles. The summed E-state index contributed by atoms with van der Waals surface area (Å²) in [5.74, 6) is -0.593. The summed E-state index contributed by atoms with van der Waals surface area (Å²) in [6, 6.07) is 6.81. The van der Waals surface area contributed by atoms with Crippen molar-refractivity contribution in [2.45, 2.75) is 68.4 Å². The van der Waals surface area contributed by atoms with Crippen molar-refractivity contribution in [1.82, 2.24) is 9.80 Å². The van der Waals surface area contributed by atoms with Gasteiger partial charge in [0.2, 0.25) is 17.7 Å². The summed E-state index contributed by atoms with van der Waals surface area (Å²) in [5.41, 5.74) is 0.731. The lowest BCUT2D eigenvalue weighted by atomic mass is 9.70. The Morgan fingerprint density at radius 3 is 2.49 bits per heavy atom. The van der Waals surface area contributed by atoms with E-state index in [1.807, 2.05) is 36.1 Å². The fourth-order valence-electron chi connectivity index (χ4n) is 6.84. The van der Waals surface area contributed by atoms with E-state index >= 15 is 0 Å². The minimum atomic E-state index is -0.636. The monoisotopic (exact) mass is 583 g/mol. The van der Waals surface area contributed by atoms with Crippen LogP contribution in [0.2, 0.25) is 0 Å². The molecule has 3 fully saturated rings. The Morgan fingerprint density at radius 1 is 1.12 bits per heavy atom. The molecule has 3 saturated heterocycles. The standard InChI is InChI=1S/C32H45N3O5S/c1-5-9-20-33(18-6-2)31(39)28-32-17-16-25(41-32)26(27(32)30(38)35(28)21-10-11-22-36)29(37)34(19-7-3)23-12-14-24(15-13-23)40-8-4/h6-7,12-15,25-28,36H,2-3,5,8-11,16-22H2,1,4H3/t25-,26+,27-,28?,32?/m0/s1. The first-order chi connectivity index (χ1) is 19.9. The Hall–Kier alpha value is -2.78. The van der Waals surface area contributed by atoms with Crippen LogP contribution in [0.4, 0.5) is 5.69 Å². The normalized spacial score (nSPS) is 26.1. The highest BCUT2D eigenvalue weighted by Gasteiger charge is 2.74. The molecule has 3 heterocycles. The number of ether oxygens (including phenoxy) is 1. The maximum Gasteiger partial charge on any atom is 0.247 e. The number of thioether (sulfide) groups is 1. The molecule has 5 atom stereocenters. The maximum absolute atomic E-state index is 14.4. The topological polar surface area (TPSA) is 90.4 Å². The van der Waals surface area contributed by atoms with Crippen LogP contribution in [0.25, 0.3) is 0 Å². The fourth-order valence-corrected chi connectivity index (χ4v) is 9.04. The Morgan fingerprint density at radius 2 is 1.85 bits per heavy atom. The smallest absolute Gasteiger partial charge is 0.247 e. The van der Waals surface area contributed by atoms with Gasteiger partial charge >= 0.3 is 0 Å². The molecule has 9 heteroatoms. The zero-order chi connectivity index (χ0) is 29.6. The molecule has 1 spiro atoms. The summed E-state index contributed by atoms with van der Waals surface area (Å²) in [7, 11) is 0. The molecule has 2 unspecified atom stereocenters. The molecule has 3 amide bonds. The van der Waals surface area contributed by atoms with Crippen molar-refractivity contribution in [1.29, 1.82) is 0 Å². The number of likely N-dealkylation sites (tertiary alicyclic amines) is 1. The van der Waals surface area contributed by atoms with Crippen molar-refractivity contribution in [2.75, 3.05) is 44.3 Å². The minimum Gasteiger partial charge on any atom is -0.494 e. The quantitative estimate of drug-likeness (QED) is 0.231.